The smallest absolute Gasteiger partial charge is 0.220 e. The number of carbonyl (C=O) groups excluding carboxylic acids is 1. The summed E-state index contributed by atoms with van der Waals surface area (Å²) in [5.41, 5.74) is 3.92. The van der Waals surface area contributed by atoms with Gasteiger partial charge in [-0.1, -0.05) is 144 Å². The van der Waals surface area contributed by atoms with Crippen LogP contribution >= 0.6 is 11.8 Å². The first-order valence-corrected chi connectivity index (χ1v) is 18.5. The molecule has 1 aliphatic rings. The highest BCUT2D eigenvalue weighted by atomic mass is 32.2. The van der Waals surface area contributed by atoms with Gasteiger partial charge in [0.1, 0.15) is 6.33 Å². The molecule has 252 valence electrons. The minimum atomic E-state index is -0.518. The first-order chi connectivity index (χ1) is 22.6. The molecule has 0 radical (unpaired) electrons. The number of thioether (sulfide) groups is 1. The molecule has 2 heterocycles. The van der Waals surface area contributed by atoms with Gasteiger partial charge >= 0.3 is 0 Å². The van der Waals surface area contributed by atoms with Crippen LogP contribution in [-0.4, -0.2) is 38.1 Å². The first kappa shape index (κ1) is 36.1. The Kier molecular flexibility index (Phi) is 16.7. The second-order valence-corrected chi connectivity index (χ2v) is 13.5. The van der Waals surface area contributed by atoms with Crippen molar-refractivity contribution in [3.05, 3.63) is 77.1 Å². The number of carbonyl (C=O) groups is 1. The highest BCUT2D eigenvalue weighted by Gasteiger charge is 2.32. The van der Waals surface area contributed by atoms with Gasteiger partial charge < -0.3 is 19.9 Å². The van der Waals surface area contributed by atoms with E-state index in [0.29, 0.717) is 25.1 Å². The average molecular weight is 651 g/mol. The maximum Gasteiger partial charge on any atom is 0.220 e. The quantitative estimate of drug-likeness (QED) is 0.0737. The van der Waals surface area contributed by atoms with Crippen LogP contribution in [0.4, 0.5) is 0 Å². The third-order valence-electron chi connectivity index (χ3n) is 8.66. The van der Waals surface area contributed by atoms with Gasteiger partial charge in [0, 0.05) is 30.7 Å². The summed E-state index contributed by atoms with van der Waals surface area (Å²) >= 11 is 1.58. The number of unbranched alkanes of at least 4 members (excludes halogenated alkanes) is 12. The predicted octanol–water partition coefficient (Wildman–Crippen LogP) is 8.73. The van der Waals surface area contributed by atoms with Crippen molar-refractivity contribution in [3.8, 4) is 0 Å². The van der Waals surface area contributed by atoms with E-state index in [1.165, 1.54) is 77.0 Å². The maximum absolute atomic E-state index is 12.4. The minimum Gasteiger partial charge on any atom is -0.392 e. The Morgan fingerprint density at radius 3 is 2.07 bits per heavy atom. The highest BCUT2D eigenvalue weighted by Crippen LogP contribution is 2.39. The van der Waals surface area contributed by atoms with E-state index in [-0.39, 0.29) is 24.7 Å². The number of nitrogens with zero attached hydrogens (tertiary/aromatic N) is 2. The zero-order valence-electron chi connectivity index (χ0n) is 27.6. The molecule has 3 atom stereocenters. The van der Waals surface area contributed by atoms with Crippen molar-refractivity contribution in [2.24, 2.45) is 0 Å². The van der Waals surface area contributed by atoms with E-state index < -0.39 is 6.29 Å². The van der Waals surface area contributed by atoms with Crippen molar-refractivity contribution in [1.29, 1.82) is 0 Å². The van der Waals surface area contributed by atoms with Crippen LogP contribution in [0.3, 0.4) is 0 Å². The van der Waals surface area contributed by atoms with Gasteiger partial charge in [-0.2, -0.15) is 5.10 Å². The summed E-state index contributed by atoms with van der Waals surface area (Å²) in [5.74, 6) is 0.831. The number of nitrogens with one attached hydrogen (secondary N) is 2. The summed E-state index contributed by atoms with van der Waals surface area (Å²) in [4.78, 5) is 16.7. The number of hydrogen-bond acceptors (Lipinski definition) is 7. The monoisotopic (exact) mass is 650 g/mol. The number of hydrogen-bond donors (Lipinski definition) is 3. The molecule has 46 heavy (non-hydrogen) atoms. The fraction of sp³-hybridized carbons (Fsp3) is 0.595. The molecule has 1 amide bonds. The maximum atomic E-state index is 12.4. The first-order valence-electron chi connectivity index (χ1n) is 17.5. The molecule has 1 fully saturated rings. The van der Waals surface area contributed by atoms with E-state index in [1.54, 1.807) is 11.8 Å². The Hall–Kier alpha value is -2.72. The molecule has 3 N–H and O–H groups in total. The molecule has 0 spiro atoms. The number of H-pyrrole nitrogens is 1. The molecule has 8 nitrogen and oxygen atoms in total. The molecule has 4 rings (SSSR count). The van der Waals surface area contributed by atoms with Gasteiger partial charge in [-0.3, -0.25) is 9.89 Å². The minimum absolute atomic E-state index is 0.0141. The summed E-state index contributed by atoms with van der Waals surface area (Å²) in [6, 6.07) is 16.0. The summed E-state index contributed by atoms with van der Waals surface area (Å²) in [7, 11) is 0. The van der Waals surface area contributed by atoms with Crippen LogP contribution in [0.25, 0.3) is 0 Å². The topological polar surface area (TPSA) is 109 Å². The highest BCUT2D eigenvalue weighted by molar-refractivity contribution is 7.99. The Morgan fingerprint density at radius 2 is 1.46 bits per heavy atom. The van der Waals surface area contributed by atoms with Gasteiger partial charge in [0.15, 0.2) is 11.4 Å². The van der Waals surface area contributed by atoms with E-state index in [9.17, 15) is 9.90 Å². The third-order valence-corrected chi connectivity index (χ3v) is 9.67. The van der Waals surface area contributed by atoms with E-state index in [2.05, 4.69) is 27.4 Å². The normalized spacial score (nSPS) is 18.1. The van der Waals surface area contributed by atoms with Gasteiger partial charge in [-0.15, -0.1) is 0 Å². The molecular formula is C37H54N4O4S. The van der Waals surface area contributed by atoms with Crippen LogP contribution in [0.1, 0.15) is 138 Å². The Bertz CT molecular complexity index is 1220. The van der Waals surface area contributed by atoms with Crippen molar-refractivity contribution in [3.63, 3.8) is 0 Å². The van der Waals surface area contributed by atoms with Crippen molar-refractivity contribution < 1.29 is 19.4 Å². The Morgan fingerprint density at radius 1 is 0.848 bits per heavy atom. The lowest BCUT2D eigenvalue weighted by Crippen LogP contribution is -2.31. The van der Waals surface area contributed by atoms with Crippen molar-refractivity contribution >= 4 is 17.7 Å². The summed E-state index contributed by atoms with van der Waals surface area (Å²) < 4.78 is 12.9. The molecule has 1 aromatic heterocycles. The van der Waals surface area contributed by atoms with Crippen molar-refractivity contribution in [2.75, 3.05) is 5.75 Å². The van der Waals surface area contributed by atoms with Gasteiger partial charge in [-0.05, 0) is 23.1 Å². The summed E-state index contributed by atoms with van der Waals surface area (Å²) in [6.45, 7) is 2.80. The van der Waals surface area contributed by atoms with Gasteiger partial charge in [0.05, 0.1) is 18.8 Å². The average Bonchev–Trinajstić information content (AvgIpc) is 3.62. The lowest BCUT2D eigenvalue weighted by atomic mass is 10.0. The Balaban J connectivity index is 1.15. The van der Waals surface area contributed by atoms with Gasteiger partial charge in [-0.25, -0.2) is 4.98 Å². The summed E-state index contributed by atoms with van der Waals surface area (Å²) in [6.07, 6.45) is 19.1. The van der Waals surface area contributed by atoms with E-state index >= 15 is 0 Å². The van der Waals surface area contributed by atoms with Crippen LogP contribution in [0.2, 0.25) is 0 Å². The number of aromatic nitrogens is 3. The zero-order chi connectivity index (χ0) is 32.2. The summed E-state index contributed by atoms with van der Waals surface area (Å²) in [5, 5.41) is 20.1. The number of aliphatic hydroxyl groups excluding tert-OH is 1. The fourth-order valence-electron chi connectivity index (χ4n) is 5.84. The largest absolute Gasteiger partial charge is 0.392 e. The van der Waals surface area contributed by atoms with Crippen LogP contribution < -0.4 is 5.32 Å². The molecule has 9 heteroatoms. The van der Waals surface area contributed by atoms with Crippen LogP contribution in [0.5, 0.6) is 0 Å². The number of aromatic amines is 1. The number of rotatable bonds is 22. The third kappa shape index (κ3) is 13.2. The molecule has 0 bridgehead atoms. The molecule has 2 aromatic carbocycles. The second kappa shape index (κ2) is 21.2. The van der Waals surface area contributed by atoms with Crippen molar-refractivity contribution in [2.45, 2.75) is 140 Å². The number of aliphatic hydroxyl groups is 1. The predicted molar refractivity (Wildman–Crippen MR) is 184 cm³/mol. The number of amides is 1. The lowest BCUT2D eigenvalue weighted by Gasteiger charge is -2.36. The second-order valence-electron chi connectivity index (χ2n) is 12.5. The van der Waals surface area contributed by atoms with E-state index in [0.717, 1.165) is 40.3 Å². The van der Waals surface area contributed by atoms with E-state index in [1.807, 2.05) is 48.5 Å². The fourth-order valence-corrected chi connectivity index (χ4v) is 6.64. The number of benzene rings is 2. The zero-order valence-corrected chi connectivity index (χ0v) is 28.4. The van der Waals surface area contributed by atoms with Crippen molar-refractivity contribution in [1.82, 2.24) is 20.5 Å². The van der Waals surface area contributed by atoms with E-state index in [4.69, 9.17) is 9.47 Å². The molecule has 1 saturated heterocycles. The SMILES string of the molecule is CCCCCCCCCCCCCCCC(=O)NCc1ccc(C2OC(CSc3ncn[nH]3)CC(c3ccc(CO)cc3)O2)cc1. The molecular weight excluding hydrogens is 596 g/mol. The molecule has 0 aliphatic carbocycles. The van der Waals surface area contributed by atoms with Crippen LogP contribution in [-0.2, 0) is 27.4 Å². The van der Waals surface area contributed by atoms with Gasteiger partial charge in [0.25, 0.3) is 0 Å². The molecule has 0 saturated carbocycles. The standard InChI is InChI=1S/C37H54N4O4S/c1-2-3-4-5-6-7-8-9-10-11-12-13-14-15-35(43)38-25-29-16-22-32(23-17-29)36-44-33(27-46-37-39-28-40-41-37)24-34(45-36)31-20-18-30(26-42)19-21-31/h16-23,28,33-34,36,42H,2-15,24-27H2,1H3,(H,38,43)(H,39,40,41). The van der Waals surface area contributed by atoms with Crippen LogP contribution in [0.15, 0.2) is 60.0 Å². The number of ether oxygens (including phenoxy) is 2. The van der Waals surface area contributed by atoms with Gasteiger partial charge in [0.2, 0.25) is 5.91 Å². The Labute approximate surface area is 279 Å². The van der Waals surface area contributed by atoms with Crippen LogP contribution in [0, 0.1) is 0 Å². The lowest BCUT2D eigenvalue weighted by molar-refractivity contribution is -0.245. The molecule has 1 aliphatic heterocycles. The molecule has 3 unspecified atom stereocenters. The molecule has 3 aromatic rings.